The van der Waals surface area contributed by atoms with Gasteiger partial charge in [0.2, 0.25) is 10.0 Å². The Hall–Kier alpha value is -1.31. The minimum Gasteiger partial charge on any atom is -0.468 e. The number of nitrogens with two attached hydrogens (primary N) is 1. The summed E-state index contributed by atoms with van der Waals surface area (Å²) in [6, 6.07) is 2.70. The zero-order chi connectivity index (χ0) is 13.9. The van der Waals surface area contributed by atoms with E-state index in [4.69, 9.17) is 17.3 Å². The van der Waals surface area contributed by atoms with E-state index < -0.39 is 22.5 Å². The van der Waals surface area contributed by atoms with E-state index in [-0.39, 0.29) is 15.6 Å². The van der Waals surface area contributed by atoms with E-state index in [1.807, 2.05) is 0 Å². The van der Waals surface area contributed by atoms with Crippen LogP contribution in [0.4, 0.5) is 5.69 Å². The zero-order valence-corrected chi connectivity index (χ0v) is 11.4. The molecule has 0 bridgehead atoms. The fourth-order valence-electron chi connectivity index (χ4n) is 1.26. The molecule has 0 spiro atoms. The molecule has 8 heteroatoms. The number of carbonyl (C=O) groups is 1. The van der Waals surface area contributed by atoms with Crippen LogP contribution in [0.25, 0.3) is 0 Å². The number of methoxy groups -OCH3 is 1. The monoisotopic (exact) mass is 292 g/mol. The number of halogens is 1. The van der Waals surface area contributed by atoms with Crippen molar-refractivity contribution in [2.75, 3.05) is 19.4 Å². The van der Waals surface area contributed by atoms with Gasteiger partial charge in [-0.3, -0.25) is 4.79 Å². The van der Waals surface area contributed by atoms with Gasteiger partial charge >= 0.3 is 5.97 Å². The molecule has 1 rings (SSSR count). The Morgan fingerprint density at radius 2 is 2.11 bits per heavy atom. The van der Waals surface area contributed by atoms with E-state index in [0.29, 0.717) is 5.56 Å². The van der Waals surface area contributed by atoms with Crippen molar-refractivity contribution in [3.63, 3.8) is 0 Å². The number of benzene rings is 1. The minimum atomic E-state index is -3.82. The van der Waals surface area contributed by atoms with E-state index in [1.54, 1.807) is 6.92 Å². The molecule has 100 valence electrons. The quantitative estimate of drug-likeness (QED) is 0.628. The molecule has 0 atom stereocenters. The van der Waals surface area contributed by atoms with Crippen molar-refractivity contribution in [1.29, 1.82) is 0 Å². The molecule has 0 aliphatic carbocycles. The number of hydrogen-bond donors (Lipinski definition) is 2. The lowest BCUT2D eigenvalue weighted by Crippen LogP contribution is -2.30. The molecule has 0 unspecified atom stereocenters. The van der Waals surface area contributed by atoms with Gasteiger partial charge in [0.05, 0.1) is 22.7 Å². The van der Waals surface area contributed by atoms with Crippen LogP contribution in [0.3, 0.4) is 0 Å². The Balaban J connectivity index is 3.06. The van der Waals surface area contributed by atoms with Crippen LogP contribution in [0.2, 0.25) is 5.02 Å². The second-order valence-corrected chi connectivity index (χ2v) is 5.68. The summed E-state index contributed by atoms with van der Waals surface area (Å²) < 4.78 is 30.3. The van der Waals surface area contributed by atoms with Crippen LogP contribution < -0.4 is 10.5 Å². The molecule has 0 radical (unpaired) electrons. The highest BCUT2D eigenvalue weighted by Gasteiger charge is 2.19. The van der Waals surface area contributed by atoms with E-state index in [0.717, 1.165) is 0 Å². The second kappa shape index (κ2) is 5.55. The predicted molar refractivity (Wildman–Crippen MR) is 67.8 cm³/mol. The first-order chi connectivity index (χ1) is 8.27. The van der Waals surface area contributed by atoms with Crippen LogP contribution in [-0.4, -0.2) is 28.0 Å². The Kier molecular flexibility index (Phi) is 4.55. The van der Waals surface area contributed by atoms with Crippen molar-refractivity contribution < 1.29 is 17.9 Å². The van der Waals surface area contributed by atoms with Gasteiger partial charge in [0.15, 0.2) is 0 Å². The average molecular weight is 293 g/mol. The molecular weight excluding hydrogens is 280 g/mol. The second-order valence-electron chi connectivity index (χ2n) is 3.54. The van der Waals surface area contributed by atoms with Gasteiger partial charge in [-0.05, 0) is 24.6 Å². The van der Waals surface area contributed by atoms with Crippen LogP contribution in [0.15, 0.2) is 17.0 Å². The summed E-state index contributed by atoms with van der Waals surface area (Å²) in [7, 11) is -2.66. The molecule has 0 aliphatic heterocycles. The molecular formula is C10H13ClN2O4S. The SMILES string of the molecule is COC(=O)CNS(=O)(=O)c1cc(N)c(Cl)cc1C. The predicted octanol–water partition coefficient (Wildman–Crippen LogP) is 0.682. The number of nitrogens with one attached hydrogen (secondary N) is 1. The average Bonchev–Trinajstić information content (AvgIpc) is 2.30. The van der Waals surface area contributed by atoms with E-state index >= 15 is 0 Å². The smallest absolute Gasteiger partial charge is 0.320 e. The molecule has 1 aromatic rings. The van der Waals surface area contributed by atoms with Crippen molar-refractivity contribution in [3.05, 3.63) is 22.7 Å². The van der Waals surface area contributed by atoms with E-state index in [9.17, 15) is 13.2 Å². The lowest BCUT2D eigenvalue weighted by atomic mass is 10.2. The topological polar surface area (TPSA) is 98.5 Å². The highest BCUT2D eigenvalue weighted by molar-refractivity contribution is 7.89. The summed E-state index contributed by atoms with van der Waals surface area (Å²) in [6.07, 6.45) is 0. The van der Waals surface area contributed by atoms with Gasteiger partial charge in [-0.1, -0.05) is 11.6 Å². The molecule has 0 aliphatic rings. The molecule has 1 aromatic carbocycles. The van der Waals surface area contributed by atoms with Gasteiger partial charge < -0.3 is 10.5 Å². The molecule has 0 heterocycles. The maximum Gasteiger partial charge on any atom is 0.320 e. The standard InChI is InChI=1S/C10H13ClN2O4S/c1-6-3-7(11)8(12)4-9(6)18(15,16)13-5-10(14)17-2/h3-4,13H,5,12H2,1-2H3. The molecule has 3 N–H and O–H groups in total. The van der Waals surface area contributed by atoms with Crippen molar-refractivity contribution in [3.8, 4) is 0 Å². The third-order valence-electron chi connectivity index (χ3n) is 2.22. The molecule has 0 saturated carbocycles. The summed E-state index contributed by atoms with van der Waals surface area (Å²) in [6.45, 7) is 1.14. The van der Waals surface area contributed by atoms with Gasteiger partial charge in [-0.2, -0.15) is 4.72 Å². The van der Waals surface area contributed by atoms with Crippen molar-refractivity contribution >= 4 is 33.3 Å². The van der Waals surface area contributed by atoms with Crippen molar-refractivity contribution in [1.82, 2.24) is 4.72 Å². The first kappa shape index (κ1) is 14.7. The normalized spacial score (nSPS) is 11.3. The van der Waals surface area contributed by atoms with Crippen molar-refractivity contribution in [2.24, 2.45) is 0 Å². The van der Waals surface area contributed by atoms with E-state index in [1.165, 1.54) is 19.2 Å². The number of anilines is 1. The van der Waals surface area contributed by atoms with Crippen LogP contribution in [0.5, 0.6) is 0 Å². The highest BCUT2D eigenvalue weighted by atomic mass is 35.5. The maximum absolute atomic E-state index is 11.9. The fourth-order valence-corrected chi connectivity index (χ4v) is 2.71. The summed E-state index contributed by atoms with van der Waals surface area (Å²) >= 11 is 5.77. The van der Waals surface area contributed by atoms with Crippen LogP contribution in [-0.2, 0) is 19.6 Å². The minimum absolute atomic E-state index is 0.0201. The molecule has 0 aromatic heterocycles. The van der Waals surface area contributed by atoms with E-state index in [2.05, 4.69) is 9.46 Å². The maximum atomic E-state index is 11.9. The molecule has 0 fully saturated rings. The number of hydrogen-bond acceptors (Lipinski definition) is 5. The van der Waals surface area contributed by atoms with Gasteiger partial charge in [-0.15, -0.1) is 0 Å². The number of aryl methyl sites for hydroxylation is 1. The summed E-state index contributed by atoms with van der Waals surface area (Å²) in [4.78, 5) is 10.9. The molecule has 6 nitrogen and oxygen atoms in total. The van der Waals surface area contributed by atoms with Gasteiger partial charge in [-0.25, -0.2) is 8.42 Å². The summed E-state index contributed by atoms with van der Waals surface area (Å²) in [5, 5.41) is 0.277. The third kappa shape index (κ3) is 3.34. The molecule has 18 heavy (non-hydrogen) atoms. The van der Waals surface area contributed by atoms with Crippen LogP contribution in [0, 0.1) is 6.92 Å². The van der Waals surface area contributed by atoms with Crippen molar-refractivity contribution in [2.45, 2.75) is 11.8 Å². The fraction of sp³-hybridized carbons (Fsp3) is 0.300. The number of esters is 1. The third-order valence-corrected chi connectivity index (χ3v) is 4.09. The highest BCUT2D eigenvalue weighted by Crippen LogP contribution is 2.25. The van der Waals surface area contributed by atoms with Gasteiger partial charge in [0.1, 0.15) is 6.54 Å². The summed E-state index contributed by atoms with van der Waals surface area (Å²) in [5.74, 6) is -0.682. The van der Waals surface area contributed by atoms with Crippen LogP contribution in [0.1, 0.15) is 5.56 Å². The lowest BCUT2D eigenvalue weighted by Gasteiger charge is -2.10. The number of ether oxygens (including phenoxy) is 1. The van der Waals surface area contributed by atoms with Gasteiger partial charge in [0, 0.05) is 0 Å². The Morgan fingerprint density at radius 3 is 2.67 bits per heavy atom. The number of rotatable bonds is 4. The largest absolute Gasteiger partial charge is 0.468 e. The first-order valence-corrected chi connectivity index (χ1v) is 6.76. The Labute approximate surface area is 110 Å². The van der Waals surface area contributed by atoms with Gasteiger partial charge in [0.25, 0.3) is 0 Å². The Morgan fingerprint density at radius 1 is 1.50 bits per heavy atom. The molecule has 0 amide bonds. The lowest BCUT2D eigenvalue weighted by molar-refractivity contribution is -0.139. The zero-order valence-electron chi connectivity index (χ0n) is 9.86. The number of sulfonamides is 1. The number of nitrogen functional groups attached to an aromatic ring is 1. The molecule has 0 saturated heterocycles. The number of carbonyl (C=O) groups excluding carboxylic acids is 1. The Bertz CT molecular complexity index is 571. The van der Waals surface area contributed by atoms with Crippen LogP contribution >= 0.6 is 11.6 Å². The first-order valence-electron chi connectivity index (χ1n) is 4.90. The summed E-state index contributed by atoms with van der Waals surface area (Å²) in [5.41, 5.74) is 6.14.